The van der Waals surface area contributed by atoms with Gasteiger partial charge in [0, 0.05) is 20.6 Å². The standard InChI is InChI=1S/C17H23N5O4/c1-20(2)16(24)19-18-15(23)14-9-8-13-10-21(14)17(25)22(13)26-11-12-6-4-3-5-7-12/h3-7,13-14H,8-11H2,1-2H3,(H,18,23)(H,19,24)/t13-,14+/m1/s1. The first-order chi connectivity index (χ1) is 12.5. The molecule has 0 radical (unpaired) electrons. The Morgan fingerprint density at radius 1 is 1.19 bits per heavy atom. The summed E-state index contributed by atoms with van der Waals surface area (Å²) in [7, 11) is 3.14. The van der Waals surface area contributed by atoms with Crippen molar-refractivity contribution in [3.8, 4) is 0 Å². The Bertz CT molecular complexity index is 681. The fraction of sp³-hybridized carbons (Fsp3) is 0.471. The number of piperidine rings is 1. The summed E-state index contributed by atoms with van der Waals surface area (Å²) < 4.78 is 0. The topological polar surface area (TPSA) is 94.2 Å². The van der Waals surface area contributed by atoms with Crippen LogP contribution in [0.15, 0.2) is 30.3 Å². The smallest absolute Gasteiger partial charge is 0.330 e. The Morgan fingerprint density at radius 3 is 2.62 bits per heavy atom. The second kappa shape index (κ2) is 7.61. The third-order valence-corrected chi connectivity index (χ3v) is 4.54. The van der Waals surface area contributed by atoms with E-state index in [1.165, 1.54) is 14.9 Å². The maximum atomic E-state index is 12.6. The van der Waals surface area contributed by atoms with Gasteiger partial charge in [-0.3, -0.25) is 15.1 Å². The van der Waals surface area contributed by atoms with Gasteiger partial charge in [0.15, 0.2) is 0 Å². The van der Waals surface area contributed by atoms with Gasteiger partial charge in [0.05, 0.1) is 6.04 Å². The van der Waals surface area contributed by atoms with E-state index in [1.54, 1.807) is 14.1 Å². The van der Waals surface area contributed by atoms with Gasteiger partial charge in [-0.15, -0.1) is 0 Å². The van der Waals surface area contributed by atoms with Crippen molar-refractivity contribution in [3.05, 3.63) is 35.9 Å². The largest absolute Gasteiger partial charge is 0.345 e. The fourth-order valence-electron chi connectivity index (χ4n) is 3.10. The summed E-state index contributed by atoms with van der Waals surface area (Å²) in [5.74, 6) is -0.406. The maximum Gasteiger partial charge on any atom is 0.345 e. The Balaban J connectivity index is 1.57. The van der Waals surface area contributed by atoms with Crippen molar-refractivity contribution in [1.29, 1.82) is 0 Å². The minimum atomic E-state index is -0.619. The molecule has 0 unspecified atom stereocenters. The van der Waals surface area contributed by atoms with E-state index >= 15 is 0 Å². The summed E-state index contributed by atoms with van der Waals surface area (Å²) in [5.41, 5.74) is 5.66. The molecule has 9 nitrogen and oxygen atoms in total. The molecule has 2 aliphatic heterocycles. The van der Waals surface area contributed by atoms with Gasteiger partial charge in [-0.25, -0.2) is 15.0 Å². The van der Waals surface area contributed by atoms with E-state index in [4.69, 9.17) is 4.84 Å². The van der Waals surface area contributed by atoms with Gasteiger partial charge < -0.3 is 9.80 Å². The molecule has 2 N–H and O–H groups in total. The number of hydrogen-bond acceptors (Lipinski definition) is 4. The van der Waals surface area contributed by atoms with Crippen LogP contribution in [0.1, 0.15) is 18.4 Å². The lowest BCUT2D eigenvalue weighted by Crippen LogP contribution is -2.55. The zero-order chi connectivity index (χ0) is 18.7. The zero-order valence-electron chi connectivity index (χ0n) is 14.8. The second-order valence-electron chi connectivity index (χ2n) is 6.58. The highest BCUT2D eigenvalue weighted by Crippen LogP contribution is 2.30. The number of carbonyl (C=O) groups excluding carboxylic acids is 3. The third kappa shape index (κ3) is 3.72. The molecule has 1 aromatic rings. The first-order valence-corrected chi connectivity index (χ1v) is 8.51. The van der Waals surface area contributed by atoms with Gasteiger partial charge in [0.2, 0.25) is 0 Å². The second-order valence-corrected chi connectivity index (χ2v) is 6.58. The summed E-state index contributed by atoms with van der Waals surface area (Å²) in [6, 6.07) is 8.16. The molecule has 1 aromatic carbocycles. The minimum Gasteiger partial charge on any atom is -0.330 e. The first kappa shape index (κ1) is 18.0. The van der Waals surface area contributed by atoms with Crippen molar-refractivity contribution in [3.63, 3.8) is 0 Å². The van der Waals surface area contributed by atoms with Crippen LogP contribution < -0.4 is 10.9 Å². The minimum absolute atomic E-state index is 0.0633. The van der Waals surface area contributed by atoms with Gasteiger partial charge in [0.1, 0.15) is 12.6 Å². The number of hydrogen-bond donors (Lipinski definition) is 2. The molecule has 0 saturated carbocycles. The number of hydroxylamine groups is 2. The van der Waals surface area contributed by atoms with E-state index in [0.717, 1.165) is 5.56 Å². The Kier molecular flexibility index (Phi) is 5.27. The number of benzene rings is 1. The normalized spacial score (nSPS) is 21.5. The van der Waals surface area contributed by atoms with Gasteiger partial charge in [-0.2, -0.15) is 5.06 Å². The number of carbonyl (C=O) groups is 3. The molecule has 0 aliphatic carbocycles. The summed E-state index contributed by atoms with van der Waals surface area (Å²) in [6.07, 6.45) is 1.18. The lowest BCUT2D eigenvalue weighted by atomic mass is 10.0. The van der Waals surface area contributed by atoms with Crippen LogP contribution in [0.5, 0.6) is 0 Å². The van der Waals surface area contributed by atoms with E-state index < -0.39 is 18.0 Å². The van der Waals surface area contributed by atoms with E-state index in [0.29, 0.717) is 26.0 Å². The quantitative estimate of drug-likeness (QED) is 0.772. The van der Waals surface area contributed by atoms with Crippen LogP contribution in [0, 0.1) is 0 Å². The molecular formula is C17H23N5O4. The maximum absolute atomic E-state index is 12.6. The lowest BCUT2D eigenvalue weighted by molar-refractivity contribution is -0.140. The summed E-state index contributed by atoms with van der Waals surface area (Å²) >= 11 is 0. The fourth-order valence-corrected chi connectivity index (χ4v) is 3.10. The molecule has 2 saturated heterocycles. The Hall–Kier alpha value is -2.81. The van der Waals surface area contributed by atoms with Crippen molar-refractivity contribution >= 4 is 18.0 Å². The molecule has 2 fully saturated rings. The Labute approximate surface area is 151 Å². The highest BCUT2D eigenvalue weighted by atomic mass is 16.7. The molecule has 2 heterocycles. The molecule has 0 aromatic heterocycles. The molecule has 9 heteroatoms. The molecule has 2 atom stereocenters. The predicted octanol–water partition coefficient (Wildman–Crippen LogP) is 0.689. The van der Waals surface area contributed by atoms with Crippen LogP contribution in [-0.2, 0) is 16.2 Å². The number of hydrazine groups is 1. The van der Waals surface area contributed by atoms with E-state index in [-0.39, 0.29) is 12.1 Å². The van der Waals surface area contributed by atoms with Crippen molar-refractivity contribution in [2.75, 3.05) is 20.6 Å². The molecule has 2 bridgehead atoms. The molecule has 3 rings (SSSR count). The summed E-state index contributed by atoms with van der Waals surface area (Å²) in [6.45, 7) is 0.736. The molecule has 140 valence electrons. The first-order valence-electron chi connectivity index (χ1n) is 8.51. The zero-order valence-corrected chi connectivity index (χ0v) is 14.8. The number of rotatable bonds is 4. The number of amides is 5. The molecular weight excluding hydrogens is 338 g/mol. The van der Waals surface area contributed by atoms with Gasteiger partial charge in [-0.05, 0) is 18.4 Å². The van der Waals surface area contributed by atoms with Crippen molar-refractivity contribution < 1.29 is 19.2 Å². The van der Waals surface area contributed by atoms with Crippen LogP contribution in [0.25, 0.3) is 0 Å². The van der Waals surface area contributed by atoms with E-state index in [1.807, 2.05) is 30.3 Å². The average Bonchev–Trinajstić information content (AvgIpc) is 2.89. The number of urea groups is 2. The molecule has 2 aliphatic rings. The van der Waals surface area contributed by atoms with Crippen molar-refractivity contribution in [2.24, 2.45) is 0 Å². The lowest BCUT2D eigenvalue weighted by Gasteiger charge is -2.29. The Morgan fingerprint density at radius 2 is 1.92 bits per heavy atom. The highest BCUT2D eigenvalue weighted by molar-refractivity contribution is 5.89. The highest BCUT2D eigenvalue weighted by Gasteiger charge is 2.48. The van der Waals surface area contributed by atoms with E-state index in [2.05, 4.69) is 10.9 Å². The van der Waals surface area contributed by atoms with Gasteiger partial charge in [0.25, 0.3) is 5.91 Å². The number of fused-ring (bicyclic) bond motifs is 2. The summed E-state index contributed by atoms with van der Waals surface area (Å²) in [4.78, 5) is 45.0. The van der Waals surface area contributed by atoms with Crippen LogP contribution in [0.3, 0.4) is 0 Å². The average molecular weight is 361 g/mol. The van der Waals surface area contributed by atoms with Crippen LogP contribution in [0.4, 0.5) is 9.59 Å². The number of nitrogens with zero attached hydrogens (tertiary/aromatic N) is 3. The SMILES string of the molecule is CN(C)C(=O)NNC(=O)[C@@H]1CC[C@@H]2CN1C(=O)N2OCc1ccccc1. The molecule has 5 amide bonds. The predicted molar refractivity (Wildman–Crippen MR) is 92.3 cm³/mol. The van der Waals surface area contributed by atoms with Crippen molar-refractivity contribution in [2.45, 2.75) is 31.5 Å². The molecule has 26 heavy (non-hydrogen) atoms. The molecule has 0 spiro atoms. The third-order valence-electron chi connectivity index (χ3n) is 4.54. The monoisotopic (exact) mass is 361 g/mol. The van der Waals surface area contributed by atoms with Crippen LogP contribution >= 0.6 is 0 Å². The van der Waals surface area contributed by atoms with Gasteiger partial charge >= 0.3 is 12.1 Å². The summed E-state index contributed by atoms with van der Waals surface area (Å²) in [5, 5.41) is 1.37. The van der Waals surface area contributed by atoms with Crippen molar-refractivity contribution in [1.82, 2.24) is 25.7 Å². The van der Waals surface area contributed by atoms with Gasteiger partial charge in [-0.1, -0.05) is 30.3 Å². The number of nitrogens with one attached hydrogen (secondary N) is 2. The van der Waals surface area contributed by atoms with E-state index in [9.17, 15) is 14.4 Å². The van der Waals surface area contributed by atoms with Crippen LogP contribution in [0.2, 0.25) is 0 Å². The van der Waals surface area contributed by atoms with Crippen LogP contribution in [-0.4, -0.2) is 65.6 Å².